The van der Waals surface area contributed by atoms with Gasteiger partial charge in [0, 0.05) is 0 Å². The summed E-state index contributed by atoms with van der Waals surface area (Å²) in [6.07, 6.45) is -6.32. The average Bonchev–Trinajstić information content (AvgIpc) is 1.58. The molecule has 0 unspecified atom stereocenters. The Morgan fingerprint density at radius 3 is 0.941 bits per heavy atom. The minimum atomic E-state index is -2.20. The van der Waals surface area contributed by atoms with Crippen LogP contribution in [-0.4, -0.2) is 45.8 Å². The van der Waals surface area contributed by atoms with Crippen molar-refractivity contribution in [1.82, 2.24) is 0 Å². The third-order valence-electron chi connectivity index (χ3n) is 0.333. The van der Waals surface area contributed by atoms with Gasteiger partial charge in [-0.15, -0.1) is 0 Å². The third-order valence-corrected chi connectivity index (χ3v) is 0.333. The third kappa shape index (κ3) is 49.0. The SMILES string of the molecule is O.O.O.O.O.O=C([O-])OC(=O)OC(=O)[O-].[Na+].[Na+]. The van der Waals surface area contributed by atoms with Crippen molar-refractivity contribution in [3.05, 3.63) is 0 Å². The van der Waals surface area contributed by atoms with Crippen LogP contribution in [0.3, 0.4) is 0 Å². The summed E-state index contributed by atoms with van der Waals surface area (Å²) in [5.41, 5.74) is 0. The first-order valence-corrected chi connectivity index (χ1v) is 1.84. The van der Waals surface area contributed by atoms with E-state index in [0.717, 1.165) is 0 Å². The number of carbonyl (C=O) groups excluding carboxylic acids is 3. The maximum Gasteiger partial charge on any atom is 1.00 e. The molecule has 0 aliphatic carbocycles. The van der Waals surface area contributed by atoms with Crippen molar-refractivity contribution in [3.63, 3.8) is 0 Å². The van der Waals surface area contributed by atoms with E-state index in [0.29, 0.717) is 0 Å². The molecular formula is C3H10Na2O12. The summed E-state index contributed by atoms with van der Waals surface area (Å²) in [5.74, 6) is 0. The Balaban J connectivity index is -0.0000000193. The van der Waals surface area contributed by atoms with Gasteiger partial charge in [0.05, 0.1) is 0 Å². The molecule has 12 nitrogen and oxygen atoms in total. The van der Waals surface area contributed by atoms with Crippen molar-refractivity contribution in [3.8, 4) is 0 Å². The standard InChI is InChI=1S/C3H2O7.2Na.5H2O/c4-1(5)9-3(8)10-2(6)7;;;;;;;/h(H,4,5)(H,6,7);;;5*1H2/q;2*+1;;;;;/p-2. The van der Waals surface area contributed by atoms with Gasteiger partial charge in [-0.2, -0.15) is 0 Å². The van der Waals surface area contributed by atoms with E-state index >= 15 is 0 Å². The Labute approximate surface area is 138 Å². The number of carbonyl (C=O) groups is 3. The van der Waals surface area contributed by atoms with Crippen LogP contribution in [0.15, 0.2) is 0 Å². The van der Waals surface area contributed by atoms with Crippen LogP contribution in [0.2, 0.25) is 0 Å². The summed E-state index contributed by atoms with van der Waals surface area (Å²) in [7, 11) is 0. The summed E-state index contributed by atoms with van der Waals surface area (Å²) >= 11 is 0. The quantitative estimate of drug-likeness (QED) is 0.234. The molecule has 0 aliphatic rings. The van der Waals surface area contributed by atoms with E-state index in [1.165, 1.54) is 0 Å². The molecule has 10 N–H and O–H groups in total. The Morgan fingerprint density at radius 1 is 0.647 bits per heavy atom. The maximum absolute atomic E-state index is 9.78. The van der Waals surface area contributed by atoms with Crippen LogP contribution in [0.1, 0.15) is 0 Å². The van der Waals surface area contributed by atoms with Gasteiger partial charge in [0.2, 0.25) is 0 Å². The van der Waals surface area contributed by atoms with Crippen molar-refractivity contribution in [2.45, 2.75) is 0 Å². The van der Waals surface area contributed by atoms with Crippen molar-refractivity contribution < 1.29 is 121 Å². The zero-order valence-electron chi connectivity index (χ0n) is 8.86. The molecule has 0 bridgehead atoms. The second kappa shape index (κ2) is 29.8. The average molecular weight is 284 g/mol. The Bertz CT molecular complexity index is 163. The molecule has 14 heteroatoms. The van der Waals surface area contributed by atoms with Crippen LogP contribution in [-0.2, 0) is 9.47 Å². The Kier molecular flexibility index (Phi) is 94.0. The molecule has 0 aromatic carbocycles. The second-order valence-corrected chi connectivity index (χ2v) is 0.954. The minimum Gasteiger partial charge on any atom is -0.467 e. The topological polar surface area (TPSA) is 273 Å². The fourth-order valence-electron chi connectivity index (χ4n) is 0.157. The Morgan fingerprint density at radius 2 is 0.824 bits per heavy atom. The Hall–Kier alpha value is 0.0100. The van der Waals surface area contributed by atoms with Crippen molar-refractivity contribution >= 4 is 18.5 Å². The molecule has 0 fully saturated rings. The number of rotatable bonds is 0. The number of ether oxygens (including phenoxy) is 2. The van der Waals surface area contributed by atoms with Crippen molar-refractivity contribution in [1.29, 1.82) is 0 Å². The molecule has 0 spiro atoms. The molecule has 0 radical (unpaired) electrons. The predicted octanol–water partition coefficient (Wildman–Crippen LogP) is -12.3. The summed E-state index contributed by atoms with van der Waals surface area (Å²) in [6, 6.07) is 0. The first kappa shape index (κ1) is 53.7. The van der Waals surface area contributed by atoms with Crippen LogP contribution in [0.5, 0.6) is 0 Å². The molecule has 0 aliphatic heterocycles. The van der Waals surface area contributed by atoms with Gasteiger partial charge in [0.1, 0.15) is 0 Å². The first-order valence-electron chi connectivity index (χ1n) is 1.84. The van der Waals surface area contributed by atoms with E-state index in [2.05, 4.69) is 9.47 Å². The molecule has 0 rings (SSSR count). The fourth-order valence-corrected chi connectivity index (χ4v) is 0.157. The largest absolute Gasteiger partial charge is 1.00 e. The van der Waals surface area contributed by atoms with Gasteiger partial charge in [0.25, 0.3) is 12.3 Å². The first-order chi connectivity index (χ1) is 4.52. The van der Waals surface area contributed by atoms with Crippen LogP contribution in [0, 0.1) is 0 Å². The van der Waals surface area contributed by atoms with Gasteiger partial charge in [0.15, 0.2) is 0 Å². The molecule has 96 valence electrons. The van der Waals surface area contributed by atoms with Crippen LogP contribution >= 0.6 is 0 Å². The van der Waals surface area contributed by atoms with E-state index in [4.69, 9.17) is 0 Å². The molecule has 0 atom stereocenters. The van der Waals surface area contributed by atoms with Gasteiger partial charge in [-0.1, -0.05) is 0 Å². The molecule has 0 saturated heterocycles. The summed E-state index contributed by atoms with van der Waals surface area (Å²) in [4.78, 5) is 28.5. The predicted molar refractivity (Wildman–Crippen MR) is 36.4 cm³/mol. The van der Waals surface area contributed by atoms with Crippen LogP contribution < -0.4 is 69.3 Å². The zero-order valence-corrected chi connectivity index (χ0v) is 12.9. The summed E-state index contributed by atoms with van der Waals surface area (Å²) in [5, 5.41) is 18.7. The molecule has 17 heavy (non-hydrogen) atoms. The normalized spacial score (nSPS) is 4.71. The van der Waals surface area contributed by atoms with E-state index in [9.17, 15) is 24.6 Å². The minimum absolute atomic E-state index is 0. The molecule has 0 aromatic heterocycles. The van der Waals surface area contributed by atoms with Gasteiger partial charge in [-0.05, 0) is 0 Å². The molecular weight excluding hydrogens is 274 g/mol. The number of carboxylic acid groups (broad SMARTS) is 2. The van der Waals surface area contributed by atoms with Crippen molar-refractivity contribution in [2.24, 2.45) is 0 Å². The van der Waals surface area contributed by atoms with Crippen LogP contribution in [0.4, 0.5) is 14.4 Å². The fraction of sp³-hybridized carbons (Fsp3) is 0. The monoisotopic (exact) mass is 284 g/mol. The van der Waals surface area contributed by atoms with E-state index < -0.39 is 18.5 Å². The number of hydrogen-bond donors (Lipinski definition) is 0. The van der Waals surface area contributed by atoms with Crippen LogP contribution in [0.25, 0.3) is 0 Å². The van der Waals surface area contributed by atoms with Gasteiger partial charge in [-0.3, -0.25) is 0 Å². The summed E-state index contributed by atoms with van der Waals surface area (Å²) < 4.78 is 6.17. The number of hydrogen-bond acceptors (Lipinski definition) is 7. The van der Waals surface area contributed by atoms with Crippen molar-refractivity contribution in [2.75, 3.05) is 0 Å². The molecule has 0 aromatic rings. The molecule has 0 saturated carbocycles. The van der Waals surface area contributed by atoms with E-state index in [1.807, 2.05) is 0 Å². The summed E-state index contributed by atoms with van der Waals surface area (Å²) in [6.45, 7) is 0. The second-order valence-electron chi connectivity index (χ2n) is 0.954. The van der Waals surface area contributed by atoms with Gasteiger partial charge < -0.3 is 56.7 Å². The maximum atomic E-state index is 9.78. The zero-order chi connectivity index (χ0) is 8.15. The van der Waals surface area contributed by atoms with E-state index in [1.54, 1.807) is 0 Å². The van der Waals surface area contributed by atoms with Gasteiger partial charge in [-0.25, -0.2) is 4.79 Å². The molecule has 0 heterocycles. The van der Waals surface area contributed by atoms with Gasteiger partial charge >= 0.3 is 65.3 Å². The van der Waals surface area contributed by atoms with E-state index in [-0.39, 0.29) is 86.5 Å². The smallest absolute Gasteiger partial charge is 0.467 e. The molecule has 0 amide bonds.